The molecule has 1 aromatic rings. The average molecular weight is 279 g/mol. The molecule has 0 aliphatic carbocycles. The van der Waals surface area contributed by atoms with E-state index < -0.39 is 0 Å². The molecule has 1 heterocycles. The number of halogens is 1. The lowest BCUT2D eigenvalue weighted by Gasteiger charge is -2.43. The van der Waals surface area contributed by atoms with Crippen molar-refractivity contribution in [2.75, 3.05) is 26.7 Å². The molecule has 1 fully saturated rings. The summed E-state index contributed by atoms with van der Waals surface area (Å²) in [7, 11) is 2.16. The highest BCUT2D eigenvalue weighted by Gasteiger charge is 2.30. The Morgan fingerprint density at radius 3 is 2.50 bits per heavy atom. The van der Waals surface area contributed by atoms with Crippen molar-refractivity contribution in [2.45, 2.75) is 38.4 Å². The number of benzene rings is 1. The summed E-state index contributed by atoms with van der Waals surface area (Å²) in [5.74, 6) is -0.190. The Labute approximate surface area is 121 Å². The van der Waals surface area contributed by atoms with Gasteiger partial charge in [-0.1, -0.05) is 19.1 Å². The van der Waals surface area contributed by atoms with Gasteiger partial charge in [0.05, 0.1) is 0 Å². The van der Waals surface area contributed by atoms with Gasteiger partial charge in [-0.25, -0.2) is 4.39 Å². The largest absolute Gasteiger partial charge is 0.326 e. The molecule has 1 saturated heterocycles. The van der Waals surface area contributed by atoms with Crippen molar-refractivity contribution in [3.8, 4) is 0 Å². The highest BCUT2D eigenvalue weighted by atomic mass is 19.1. The molecule has 112 valence electrons. The van der Waals surface area contributed by atoms with Gasteiger partial charge in [-0.05, 0) is 38.1 Å². The van der Waals surface area contributed by atoms with E-state index in [2.05, 4.69) is 30.7 Å². The maximum atomic E-state index is 13.1. The molecular formula is C16H26FN3. The third-order valence-corrected chi connectivity index (χ3v) is 4.47. The van der Waals surface area contributed by atoms with E-state index in [0.717, 1.165) is 31.6 Å². The highest BCUT2D eigenvalue weighted by Crippen LogP contribution is 2.27. The summed E-state index contributed by atoms with van der Waals surface area (Å²) in [5, 5.41) is 0. The third-order valence-electron chi connectivity index (χ3n) is 4.47. The zero-order valence-electron chi connectivity index (χ0n) is 12.7. The molecule has 3 nitrogen and oxygen atoms in total. The molecule has 20 heavy (non-hydrogen) atoms. The summed E-state index contributed by atoms with van der Waals surface area (Å²) >= 11 is 0. The Kier molecular flexibility index (Phi) is 5.13. The van der Waals surface area contributed by atoms with Crippen LogP contribution in [-0.2, 0) is 0 Å². The number of likely N-dealkylation sites (N-methyl/N-ethyl adjacent to an activating group) is 1. The minimum Gasteiger partial charge on any atom is -0.326 e. The second kappa shape index (κ2) is 6.66. The zero-order valence-corrected chi connectivity index (χ0v) is 12.7. The lowest BCUT2D eigenvalue weighted by atomic mass is 9.95. The fraction of sp³-hybridized carbons (Fsp3) is 0.625. The third kappa shape index (κ3) is 3.37. The molecule has 0 bridgehead atoms. The molecule has 2 N–H and O–H groups in total. The van der Waals surface area contributed by atoms with E-state index in [0.29, 0.717) is 6.04 Å². The second-order valence-corrected chi connectivity index (χ2v) is 5.89. The van der Waals surface area contributed by atoms with E-state index in [9.17, 15) is 4.39 Å². The predicted molar refractivity (Wildman–Crippen MR) is 81.1 cm³/mol. The van der Waals surface area contributed by atoms with E-state index in [1.165, 1.54) is 12.1 Å². The molecule has 0 saturated carbocycles. The first-order valence-electron chi connectivity index (χ1n) is 7.48. The fourth-order valence-corrected chi connectivity index (χ4v) is 2.94. The van der Waals surface area contributed by atoms with E-state index in [4.69, 9.17) is 5.73 Å². The van der Waals surface area contributed by atoms with Crippen LogP contribution in [0.2, 0.25) is 0 Å². The SMILES string of the molecule is CCC(N)C(c1ccc(F)cc1)N1CCN(C)C(C)C1. The van der Waals surface area contributed by atoms with Gasteiger partial charge in [-0.15, -0.1) is 0 Å². The smallest absolute Gasteiger partial charge is 0.123 e. The summed E-state index contributed by atoms with van der Waals surface area (Å²) in [4.78, 5) is 4.82. The van der Waals surface area contributed by atoms with Crippen LogP contribution in [0.25, 0.3) is 0 Å². The quantitative estimate of drug-likeness (QED) is 0.917. The zero-order chi connectivity index (χ0) is 14.7. The number of piperazine rings is 1. The molecule has 2 rings (SSSR count). The Bertz CT molecular complexity index is 420. The number of rotatable bonds is 4. The average Bonchev–Trinajstić information content (AvgIpc) is 2.45. The standard InChI is InChI=1S/C16H26FN3/c1-4-15(18)16(13-5-7-14(17)8-6-13)20-10-9-19(3)12(2)11-20/h5-8,12,15-16H,4,9-11,18H2,1-3H3. The minimum absolute atomic E-state index is 0.0797. The summed E-state index contributed by atoms with van der Waals surface area (Å²) in [6.45, 7) is 7.42. The van der Waals surface area contributed by atoms with Gasteiger partial charge in [-0.3, -0.25) is 4.90 Å². The first-order valence-corrected chi connectivity index (χ1v) is 7.48. The Morgan fingerprint density at radius 2 is 1.95 bits per heavy atom. The molecule has 0 spiro atoms. The number of hydrogen-bond acceptors (Lipinski definition) is 3. The van der Waals surface area contributed by atoms with Gasteiger partial charge in [0, 0.05) is 37.8 Å². The van der Waals surface area contributed by atoms with Crippen molar-refractivity contribution >= 4 is 0 Å². The molecule has 1 aliphatic heterocycles. The maximum absolute atomic E-state index is 13.1. The summed E-state index contributed by atoms with van der Waals surface area (Å²) < 4.78 is 13.1. The number of nitrogens with two attached hydrogens (primary N) is 1. The van der Waals surface area contributed by atoms with Crippen LogP contribution in [0.5, 0.6) is 0 Å². The van der Waals surface area contributed by atoms with Crippen molar-refractivity contribution in [3.63, 3.8) is 0 Å². The van der Waals surface area contributed by atoms with E-state index in [-0.39, 0.29) is 17.9 Å². The van der Waals surface area contributed by atoms with Crippen LogP contribution >= 0.6 is 0 Å². The predicted octanol–water partition coefficient (Wildman–Crippen LogP) is 2.24. The van der Waals surface area contributed by atoms with Crippen molar-refractivity contribution in [1.29, 1.82) is 0 Å². The monoisotopic (exact) mass is 279 g/mol. The van der Waals surface area contributed by atoms with Crippen LogP contribution in [0.4, 0.5) is 4.39 Å². The van der Waals surface area contributed by atoms with E-state index in [1.807, 2.05) is 12.1 Å². The van der Waals surface area contributed by atoms with Gasteiger partial charge in [-0.2, -0.15) is 0 Å². The molecule has 0 amide bonds. The van der Waals surface area contributed by atoms with Crippen LogP contribution in [0.15, 0.2) is 24.3 Å². The Balaban J connectivity index is 2.21. The highest BCUT2D eigenvalue weighted by molar-refractivity contribution is 5.22. The summed E-state index contributed by atoms with van der Waals surface area (Å²) in [5.41, 5.74) is 7.47. The lowest BCUT2D eigenvalue weighted by molar-refractivity contribution is 0.0611. The molecule has 0 aromatic heterocycles. The van der Waals surface area contributed by atoms with Gasteiger partial charge in [0.15, 0.2) is 0 Å². The molecule has 3 atom stereocenters. The first-order chi connectivity index (χ1) is 9.52. The molecule has 1 aliphatic rings. The van der Waals surface area contributed by atoms with Crippen molar-refractivity contribution < 1.29 is 4.39 Å². The van der Waals surface area contributed by atoms with E-state index >= 15 is 0 Å². The van der Waals surface area contributed by atoms with Crippen molar-refractivity contribution in [2.24, 2.45) is 5.73 Å². The molecule has 3 unspecified atom stereocenters. The maximum Gasteiger partial charge on any atom is 0.123 e. The Hall–Kier alpha value is -0.970. The minimum atomic E-state index is -0.190. The number of nitrogens with zero attached hydrogens (tertiary/aromatic N) is 2. The van der Waals surface area contributed by atoms with Crippen molar-refractivity contribution in [3.05, 3.63) is 35.6 Å². The van der Waals surface area contributed by atoms with Gasteiger partial charge in [0.1, 0.15) is 5.82 Å². The van der Waals surface area contributed by atoms with Crippen molar-refractivity contribution in [1.82, 2.24) is 9.80 Å². The lowest BCUT2D eigenvalue weighted by Crippen LogP contribution is -2.54. The second-order valence-electron chi connectivity index (χ2n) is 5.89. The normalized spacial score (nSPS) is 24.6. The van der Waals surface area contributed by atoms with Crippen LogP contribution in [0, 0.1) is 5.82 Å². The van der Waals surface area contributed by atoms with Gasteiger partial charge in [0.25, 0.3) is 0 Å². The van der Waals surface area contributed by atoms with Gasteiger partial charge in [0.2, 0.25) is 0 Å². The first kappa shape index (κ1) is 15.4. The summed E-state index contributed by atoms with van der Waals surface area (Å²) in [6, 6.07) is 7.59. The topological polar surface area (TPSA) is 32.5 Å². The van der Waals surface area contributed by atoms with Crippen LogP contribution in [-0.4, -0.2) is 48.6 Å². The molecule has 0 radical (unpaired) electrons. The molecular weight excluding hydrogens is 253 g/mol. The van der Waals surface area contributed by atoms with Crippen LogP contribution in [0.1, 0.15) is 31.9 Å². The fourth-order valence-electron chi connectivity index (χ4n) is 2.94. The van der Waals surface area contributed by atoms with Gasteiger partial charge >= 0.3 is 0 Å². The molecule has 1 aromatic carbocycles. The van der Waals surface area contributed by atoms with Crippen LogP contribution < -0.4 is 5.73 Å². The summed E-state index contributed by atoms with van der Waals surface area (Å²) in [6.07, 6.45) is 0.919. The molecule has 4 heteroatoms. The van der Waals surface area contributed by atoms with Gasteiger partial charge < -0.3 is 10.6 Å². The Morgan fingerprint density at radius 1 is 1.30 bits per heavy atom. The number of hydrogen-bond donors (Lipinski definition) is 1. The van der Waals surface area contributed by atoms with Crippen LogP contribution in [0.3, 0.4) is 0 Å². The van der Waals surface area contributed by atoms with E-state index in [1.54, 1.807) is 0 Å².